The summed E-state index contributed by atoms with van der Waals surface area (Å²) in [6, 6.07) is 15.3. The van der Waals surface area contributed by atoms with E-state index in [2.05, 4.69) is 19.8 Å². The van der Waals surface area contributed by atoms with E-state index < -0.39 is 21.7 Å². The van der Waals surface area contributed by atoms with Gasteiger partial charge >= 0.3 is 0 Å². The maximum absolute atomic E-state index is 13.4. The fourth-order valence-electron chi connectivity index (χ4n) is 5.42. The number of carbonyl (C=O) groups is 2. The van der Waals surface area contributed by atoms with Crippen LogP contribution in [0.3, 0.4) is 0 Å². The molecule has 240 valence electrons. The Hall–Kier alpha value is -3.71. The van der Waals surface area contributed by atoms with Gasteiger partial charge < -0.3 is 19.9 Å². The fraction of sp³-hybridized carbons (Fsp3) is 0.375. The van der Waals surface area contributed by atoms with Crippen LogP contribution in [0, 0.1) is 5.82 Å². The Kier molecular flexibility index (Phi) is 10.9. The molecule has 45 heavy (non-hydrogen) atoms. The van der Waals surface area contributed by atoms with Crippen molar-refractivity contribution in [1.82, 2.24) is 20.0 Å². The molecule has 2 amide bonds. The normalized spacial score (nSPS) is 16.0. The third-order valence-corrected chi connectivity index (χ3v) is 9.62. The quantitative estimate of drug-likeness (QED) is 0.297. The van der Waals surface area contributed by atoms with Crippen molar-refractivity contribution in [3.63, 3.8) is 0 Å². The van der Waals surface area contributed by atoms with Crippen LogP contribution < -0.4 is 14.8 Å². The molecule has 2 aliphatic heterocycles. The minimum absolute atomic E-state index is 0.0319. The molecular formula is C32H37ClFN5O5S. The Labute approximate surface area is 268 Å². The van der Waals surface area contributed by atoms with Gasteiger partial charge in [-0.2, -0.15) is 0 Å². The first-order valence-electron chi connectivity index (χ1n) is 15.0. The molecule has 5 rings (SSSR count). The topological polar surface area (TPSA) is 111 Å². The van der Waals surface area contributed by atoms with Crippen LogP contribution in [-0.2, 0) is 14.8 Å². The molecule has 0 radical (unpaired) electrons. The molecule has 2 fully saturated rings. The molecule has 0 aromatic heterocycles. The van der Waals surface area contributed by atoms with E-state index in [1.807, 2.05) is 0 Å². The number of sulfonamides is 1. The summed E-state index contributed by atoms with van der Waals surface area (Å²) < 4.78 is 47.9. The van der Waals surface area contributed by atoms with Crippen molar-refractivity contribution < 1.29 is 27.1 Å². The van der Waals surface area contributed by atoms with Crippen molar-refractivity contribution in [1.29, 1.82) is 0 Å². The lowest BCUT2D eigenvalue weighted by molar-refractivity contribution is -0.131. The van der Waals surface area contributed by atoms with Gasteiger partial charge in [0, 0.05) is 31.7 Å². The summed E-state index contributed by atoms with van der Waals surface area (Å²) in [4.78, 5) is 32.0. The van der Waals surface area contributed by atoms with E-state index in [1.165, 1.54) is 68.4 Å². The van der Waals surface area contributed by atoms with Crippen LogP contribution in [0.5, 0.6) is 11.5 Å². The van der Waals surface area contributed by atoms with Crippen molar-refractivity contribution in [3.05, 3.63) is 83.1 Å². The highest BCUT2D eigenvalue weighted by Crippen LogP contribution is 2.35. The van der Waals surface area contributed by atoms with Gasteiger partial charge in [0.15, 0.2) is 5.75 Å². The average Bonchev–Trinajstić information content (AvgIpc) is 3.56. The van der Waals surface area contributed by atoms with Crippen LogP contribution in [0.15, 0.2) is 71.6 Å². The summed E-state index contributed by atoms with van der Waals surface area (Å²) >= 11 is 6.06. The number of hydrogen-bond donors (Lipinski definition) is 2. The number of anilines is 1. The van der Waals surface area contributed by atoms with Gasteiger partial charge in [-0.05, 0) is 100 Å². The number of nitrogens with one attached hydrogen (secondary N) is 2. The number of halogens is 2. The van der Waals surface area contributed by atoms with E-state index in [0.29, 0.717) is 13.1 Å². The molecule has 2 aliphatic rings. The fourth-order valence-corrected chi connectivity index (χ4v) is 6.70. The summed E-state index contributed by atoms with van der Waals surface area (Å²) in [5.41, 5.74) is 0.361. The molecule has 13 heteroatoms. The Morgan fingerprint density at radius 2 is 1.51 bits per heavy atom. The number of benzene rings is 3. The molecule has 10 nitrogen and oxygen atoms in total. The Morgan fingerprint density at radius 3 is 2.20 bits per heavy atom. The highest BCUT2D eigenvalue weighted by Gasteiger charge is 2.22. The van der Waals surface area contributed by atoms with Crippen molar-refractivity contribution >= 4 is 39.1 Å². The third kappa shape index (κ3) is 8.94. The lowest BCUT2D eigenvalue weighted by Gasteiger charge is -2.35. The van der Waals surface area contributed by atoms with Crippen LogP contribution in [0.2, 0.25) is 5.02 Å². The summed E-state index contributed by atoms with van der Waals surface area (Å²) in [6.45, 7) is 7.33. The number of carbonyl (C=O) groups excluding carboxylic acids is 2. The summed E-state index contributed by atoms with van der Waals surface area (Å²) in [7, 11) is -4.06. The molecule has 0 unspecified atom stereocenters. The molecule has 0 aliphatic carbocycles. The van der Waals surface area contributed by atoms with Gasteiger partial charge in [0.1, 0.15) is 11.6 Å². The number of hydrogen-bond acceptors (Lipinski definition) is 7. The molecule has 2 saturated heterocycles. The van der Waals surface area contributed by atoms with Gasteiger partial charge in [0.2, 0.25) is 5.91 Å². The zero-order chi connectivity index (χ0) is 31.8. The Morgan fingerprint density at radius 1 is 0.844 bits per heavy atom. The first-order chi connectivity index (χ1) is 21.7. The summed E-state index contributed by atoms with van der Waals surface area (Å²) in [5, 5.41) is 2.68. The zero-order valence-electron chi connectivity index (χ0n) is 24.9. The van der Waals surface area contributed by atoms with E-state index in [-0.39, 0.29) is 45.1 Å². The first kappa shape index (κ1) is 32.7. The average molecular weight is 658 g/mol. The van der Waals surface area contributed by atoms with Gasteiger partial charge in [0.25, 0.3) is 15.9 Å². The standard InChI is InChI=1S/C32H37ClFN5O5S/c33-27-22-25(34)10-13-29(27)44-30-7-2-1-6-28(30)36-45(42,43)26-11-8-24(9-12-26)32(41)35-23-31(40)39-20-18-38(19-21-39)17-5-16-37-14-3-4-15-37/h1-2,6-13,22,36H,3-5,14-21,23H2,(H,35,41). The van der Waals surface area contributed by atoms with E-state index in [1.54, 1.807) is 23.1 Å². The maximum Gasteiger partial charge on any atom is 0.262 e. The predicted octanol–water partition coefficient (Wildman–Crippen LogP) is 4.43. The molecule has 3 aromatic rings. The number of para-hydroxylation sites is 2. The number of nitrogens with zero attached hydrogens (tertiary/aromatic N) is 3. The number of amides is 2. The number of likely N-dealkylation sites (tertiary alicyclic amines) is 1. The Balaban J connectivity index is 1.09. The van der Waals surface area contributed by atoms with E-state index >= 15 is 0 Å². The second-order valence-corrected chi connectivity index (χ2v) is 13.2. The molecule has 3 aromatic carbocycles. The lowest BCUT2D eigenvalue weighted by Crippen LogP contribution is -2.51. The summed E-state index contributed by atoms with van der Waals surface area (Å²) in [6.07, 6.45) is 3.73. The van der Waals surface area contributed by atoms with Crippen molar-refractivity contribution in [3.8, 4) is 11.5 Å². The van der Waals surface area contributed by atoms with Crippen LogP contribution in [0.25, 0.3) is 0 Å². The molecule has 0 spiro atoms. The minimum Gasteiger partial charge on any atom is -0.454 e. The predicted molar refractivity (Wildman–Crippen MR) is 171 cm³/mol. The largest absolute Gasteiger partial charge is 0.454 e. The Bertz CT molecular complexity index is 1590. The number of rotatable bonds is 12. The molecule has 2 heterocycles. The van der Waals surface area contributed by atoms with Crippen LogP contribution >= 0.6 is 11.6 Å². The van der Waals surface area contributed by atoms with Gasteiger partial charge in [-0.3, -0.25) is 19.2 Å². The smallest absolute Gasteiger partial charge is 0.262 e. The number of piperazine rings is 1. The monoisotopic (exact) mass is 657 g/mol. The maximum atomic E-state index is 13.4. The second-order valence-electron chi connectivity index (χ2n) is 11.1. The van der Waals surface area contributed by atoms with Gasteiger partial charge in [-0.1, -0.05) is 23.7 Å². The minimum atomic E-state index is -4.06. The molecule has 2 N–H and O–H groups in total. The summed E-state index contributed by atoms with van der Waals surface area (Å²) in [5.74, 6) is -0.836. The van der Waals surface area contributed by atoms with Crippen molar-refractivity contribution in [2.45, 2.75) is 24.2 Å². The van der Waals surface area contributed by atoms with Gasteiger partial charge in [-0.25, -0.2) is 12.8 Å². The SMILES string of the molecule is O=C(NCC(=O)N1CCN(CCCN2CCCC2)CC1)c1ccc(S(=O)(=O)Nc2ccccc2Oc2ccc(F)cc2Cl)cc1. The second kappa shape index (κ2) is 15.0. The van der Waals surface area contributed by atoms with Crippen molar-refractivity contribution in [2.75, 3.05) is 63.6 Å². The third-order valence-electron chi connectivity index (χ3n) is 7.94. The number of ether oxygens (including phenoxy) is 1. The zero-order valence-corrected chi connectivity index (χ0v) is 26.5. The van der Waals surface area contributed by atoms with Gasteiger partial charge in [-0.15, -0.1) is 0 Å². The van der Waals surface area contributed by atoms with E-state index in [9.17, 15) is 22.4 Å². The molecule has 0 atom stereocenters. The highest BCUT2D eigenvalue weighted by atomic mass is 35.5. The molecular weight excluding hydrogens is 621 g/mol. The van der Waals surface area contributed by atoms with Crippen LogP contribution in [0.1, 0.15) is 29.6 Å². The lowest BCUT2D eigenvalue weighted by atomic mass is 10.2. The van der Waals surface area contributed by atoms with Gasteiger partial charge in [0.05, 0.1) is 22.2 Å². The molecule has 0 saturated carbocycles. The van der Waals surface area contributed by atoms with Crippen LogP contribution in [0.4, 0.5) is 10.1 Å². The van der Waals surface area contributed by atoms with E-state index in [4.69, 9.17) is 16.3 Å². The highest BCUT2D eigenvalue weighted by molar-refractivity contribution is 7.92. The van der Waals surface area contributed by atoms with Crippen molar-refractivity contribution in [2.24, 2.45) is 0 Å². The first-order valence-corrected chi connectivity index (χ1v) is 16.9. The van der Waals surface area contributed by atoms with Crippen LogP contribution in [-0.4, -0.2) is 93.8 Å². The van der Waals surface area contributed by atoms with E-state index in [0.717, 1.165) is 38.7 Å². The molecule has 0 bridgehead atoms.